The van der Waals surface area contributed by atoms with Crippen molar-refractivity contribution in [2.45, 2.75) is 12.1 Å². The molecule has 0 spiro atoms. The fourth-order valence-electron chi connectivity index (χ4n) is 4.15. The Morgan fingerprint density at radius 1 is 1.00 bits per heavy atom. The molecule has 0 aliphatic rings. The van der Waals surface area contributed by atoms with Gasteiger partial charge in [0.1, 0.15) is 17.2 Å². The van der Waals surface area contributed by atoms with Crippen molar-refractivity contribution in [3.63, 3.8) is 0 Å². The number of para-hydroxylation sites is 3. The van der Waals surface area contributed by atoms with E-state index in [-0.39, 0.29) is 11.7 Å². The molecule has 5 aromatic rings. The lowest BCUT2D eigenvalue weighted by molar-refractivity contribution is -0.113. The monoisotopic (exact) mass is 529 g/mol. The number of ether oxygens (including phenoxy) is 3. The number of nitrogens with one attached hydrogen (secondary N) is 2. The van der Waals surface area contributed by atoms with Gasteiger partial charge in [-0.1, -0.05) is 42.1 Å². The smallest absolute Gasteiger partial charge is 0.234 e. The largest absolute Gasteiger partial charge is 0.497 e. The van der Waals surface area contributed by atoms with Crippen LogP contribution in [0.25, 0.3) is 28.0 Å². The van der Waals surface area contributed by atoms with Crippen molar-refractivity contribution in [2.75, 3.05) is 31.9 Å². The first-order valence-corrected chi connectivity index (χ1v) is 13.0. The Hall–Kier alpha value is -4.44. The highest BCUT2D eigenvalue weighted by molar-refractivity contribution is 7.99. The van der Waals surface area contributed by atoms with Gasteiger partial charge in [0, 0.05) is 28.7 Å². The third-order valence-electron chi connectivity index (χ3n) is 5.88. The van der Waals surface area contributed by atoms with Crippen LogP contribution in [-0.2, 0) is 4.79 Å². The average molecular weight is 530 g/mol. The molecule has 0 bridgehead atoms. The number of methoxy groups -OCH3 is 2. The summed E-state index contributed by atoms with van der Waals surface area (Å²) in [4.78, 5) is 16.2. The van der Waals surface area contributed by atoms with Crippen LogP contribution < -0.4 is 19.5 Å². The van der Waals surface area contributed by atoms with Crippen molar-refractivity contribution < 1.29 is 19.0 Å². The van der Waals surface area contributed by atoms with Crippen LogP contribution >= 0.6 is 11.8 Å². The molecule has 38 heavy (non-hydrogen) atoms. The quantitative estimate of drug-likeness (QED) is 0.228. The molecule has 9 nitrogen and oxygen atoms in total. The van der Waals surface area contributed by atoms with Gasteiger partial charge in [-0.05, 0) is 37.3 Å². The highest BCUT2D eigenvalue weighted by Gasteiger charge is 2.22. The van der Waals surface area contributed by atoms with Gasteiger partial charge < -0.3 is 24.5 Å². The maximum atomic E-state index is 12.9. The normalized spacial score (nSPS) is 10.9. The van der Waals surface area contributed by atoms with E-state index in [0.717, 1.165) is 16.5 Å². The third-order valence-corrected chi connectivity index (χ3v) is 6.81. The summed E-state index contributed by atoms with van der Waals surface area (Å²) in [6, 6.07) is 20.9. The second-order valence-electron chi connectivity index (χ2n) is 8.19. The number of fused-ring (bicyclic) bond motifs is 1. The number of rotatable bonds is 10. The van der Waals surface area contributed by atoms with Crippen molar-refractivity contribution >= 4 is 34.3 Å². The molecule has 5 rings (SSSR count). The molecule has 0 radical (unpaired) electrons. The number of thioether (sulfide) groups is 1. The van der Waals surface area contributed by atoms with Crippen LogP contribution in [0.4, 0.5) is 5.69 Å². The van der Waals surface area contributed by atoms with Crippen LogP contribution in [0.1, 0.15) is 6.92 Å². The average Bonchev–Trinajstić information content (AvgIpc) is 3.56. The van der Waals surface area contributed by atoms with E-state index in [1.807, 2.05) is 84.4 Å². The van der Waals surface area contributed by atoms with Crippen molar-refractivity contribution in [2.24, 2.45) is 0 Å². The van der Waals surface area contributed by atoms with E-state index in [9.17, 15) is 4.79 Å². The number of hydrogen-bond acceptors (Lipinski definition) is 7. The van der Waals surface area contributed by atoms with Gasteiger partial charge in [0.2, 0.25) is 5.91 Å². The number of carbonyl (C=O) groups is 1. The molecule has 0 saturated heterocycles. The van der Waals surface area contributed by atoms with E-state index in [1.165, 1.54) is 11.8 Å². The molecule has 0 saturated carbocycles. The first kappa shape index (κ1) is 25.2. The molecule has 0 unspecified atom stereocenters. The van der Waals surface area contributed by atoms with Crippen LogP contribution in [0, 0.1) is 0 Å². The zero-order valence-electron chi connectivity index (χ0n) is 21.2. The van der Waals surface area contributed by atoms with Gasteiger partial charge in [0.15, 0.2) is 11.0 Å². The Bertz CT molecular complexity index is 1580. The summed E-state index contributed by atoms with van der Waals surface area (Å²) in [5.41, 5.74) is 3.17. The number of aromatic amines is 1. The van der Waals surface area contributed by atoms with Gasteiger partial charge in [-0.25, -0.2) is 0 Å². The van der Waals surface area contributed by atoms with Crippen LogP contribution in [0.2, 0.25) is 0 Å². The molecular formula is C28H27N5O4S. The molecule has 2 N–H and O–H groups in total. The van der Waals surface area contributed by atoms with E-state index >= 15 is 0 Å². The number of anilines is 1. The number of nitrogens with zero attached hydrogens (tertiary/aromatic N) is 3. The van der Waals surface area contributed by atoms with E-state index in [0.29, 0.717) is 46.2 Å². The predicted octanol–water partition coefficient (Wildman–Crippen LogP) is 5.56. The minimum atomic E-state index is -0.192. The van der Waals surface area contributed by atoms with Crippen LogP contribution in [0.15, 0.2) is 78.1 Å². The van der Waals surface area contributed by atoms with Crippen molar-refractivity contribution in [1.82, 2.24) is 19.7 Å². The lowest BCUT2D eigenvalue weighted by Gasteiger charge is -2.15. The number of amides is 1. The Morgan fingerprint density at radius 3 is 2.63 bits per heavy atom. The van der Waals surface area contributed by atoms with Crippen molar-refractivity contribution in [1.29, 1.82) is 0 Å². The van der Waals surface area contributed by atoms with E-state index in [1.54, 1.807) is 14.2 Å². The van der Waals surface area contributed by atoms with Gasteiger partial charge in [0.05, 0.1) is 38.0 Å². The second kappa shape index (κ2) is 11.3. The molecule has 0 aliphatic carbocycles. The van der Waals surface area contributed by atoms with Gasteiger partial charge in [-0.3, -0.25) is 9.36 Å². The Labute approximate surface area is 224 Å². The number of carbonyl (C=O) groups excluding carboxylic acids is 1. The van der Waals surface area contributed by atoms with Gasteiger partial charge in [0.25, 0.3) is 0 Å². The molecule has 1 amide bonds. The first-order chi connectivity index (χ1) is 18.6. The summed E-state index contributed by atoms with van der Waals surface area (Å²) in [6.07, 6.45) is 1.91. The summed E-state index contributed by atoms with van der Waals surface area (Å²) in [5, 5.41) is 13.5. The maximum Gasteiger partial charge on any atom is 0.234 e. The number of H-pyrrole nitrogens is 1. The molecule has 0 aliphatic heterocycles. The Kier molecular flexibility index (Phi) is 7.50. The standard InChI is InChI=1S/C28H27N5O4S/c1-4-37-24-12-8-7-11-22(24)30-26(34)17-38-28-32-31-27(20-16-29-21-10-6-5-9-19(20)21)33(28)23-15-18(35-2)13-14-25(23)36-3/h5-16,29H,4,17H2,1-3H3,(H,30,34). The van der Waals surface area contributed by atoms with Crippen LogP contribution in [-0.4, -0.2) is 52.2 Å². The SMILES string of the molecule is CCOc1ccccc1NC(=O)CSc1nnc(-c2c[nH]c3ccccc23)n1-c1cc(OC)ccc1OC. The zero-order valence-corrected chi connectivity index (χ0v) is 22.0. The summed E-state index contributed by atoms with van der Waals surface area (Å²) in [5.74, 6) is 2.42. The van der Waals surface area contributed by atoms with Crippen LogP contribution in [0.5, 0.6) is 17.2 Å². The summed E-state index contributed by atoms with van der Waals surface area (Å²) in [6.45, 7) is 2.41. The van der Waals surface area contributed by atoms with E-state index in [2.05, 4.69) is 20.5 Å². The van der Waals surface area contributed by atoms with E-state index in [4.69, 9.17) is 14.2 Å². The van der Waals surface area contributed by atoms with Gasteiger partial charge in [-0.2, -0.15) is 0 Å². The highest BCUT2D eigenvalue weighted by Crippen LogP contribution is 2.37. The third kappa shape index (κ3) is 5.03. The molecular weight excluding hydrogens is 502 g/mol. The highest BCUT2D eigenvalue weighted by atomic mass is 32.2. The van der Waals surface area contributed by atoms with Gasteiger partial charge in [-0.15, -0.1) is 10.2 Å². The molecule has 2 heterocycles. The Morgan fingerprint density at radius 2 is 1.82 bits per heavy atom. The molecule has 0 fully saturated rings. The predicted molar refractivity (Wildman–Crippen MR) is 149 cm³/mol. The lowest BCUT2D eigenvalue weighted by Crippen LogP contribution is -2.15. The lowest BCUT2D eigenvalue weighted by atomic mass is 10.1. The minimum absolute atomic E-state index is 0.110. The fraction of sp³-hybridized carbons (Fsp3) is 0.179. The second-order valence-corrected chi connectivity index (χ2v) is 9.14. The topological polar surface area (TPSA) is 103 Å². The summed E-state index contributed by atoms with van der Waals surface area (Å²) < 4.78 is 18.7. The number of aromatic nitrogens is 4. The van der Waals surface area contributed by atoms with E-state index < -0.39 is 0 Å². The van der Waals surface area contributed by atoms with Crippen LogP contribution in [0.3, 0.4) is 0 Å². The maximum absolute atomic E-state index is 12.9. The molecule has 194 valence electrons. The zero-order chi connectivity index (χ0) is 26.5. The van der Waals surface area contributed by atoms with Crippen molar-refractivity contribution in [3.05, 3.63) is 72.9 Å². The molecule has 10 heteroatoms. The number of hydrogen-bond donors (Lipinski definition) is 2. The minimum Gasteiger partial charge on any atom is -0.497 e. The fourth-order valence-corrected chi connectivity index (χ4v) is 4.90. The molecule has 0 atom stereocenters. The summed E-state index contributed by atoms with van der Waals surface area (Å²) >= 11 is 1.27. The molecule has 2 aromatic heterocycles. The summed E-state index contributed by atoms with van der Waals surface area (Å²) in [7, 11) is 3.22. The molecule has 3 aromatic carbocycles. The van der Waals surface area contributed by atoms with Gasteiger partial charge >= 0.3 is 0 Å². The van der Waals surface area contributed by atoms with Crippen molar-refractivity contribution in [3.8, 4) is 34.3 Å². The number of benzene rings is 3. The first-order valence-electron chi connectivity index (χ1n) is 12.0. The Balaban J connectivity index is 1.52.